The molecule has 1 rings (SSSR count). The third kappa shape index (κ3) is 1.66. The van der Waals surface area contributed by atoms with E-state index in [9.17, 15) is 0 Å². The van der Waals surface area contributed by atoms with Gasteiger partial charge in [-0.15, -0.1) is 0 Å². The van der Waals surface area contributed by atoms with E-state index in [1.807, 2.05) is 6.07 Å². The van der Waals surface area contributed by atoms with Crippen molar-refractivity contribution in [1.29, 1.82) is 0 Å². The molecule has 1 aromatic rings. The zero-order valence-electron chi connectivity index (χ0n) is 7.52. The standard InChI is InChI=1S/C10H14N2/c1-7-4-5-10(6-8(7)2)9(3)12-11/h4-6,12H,3,11H2,1-2H3. The van der Waals surface area contributed by atoms with Crippen LogP contribution < -0.4 is 11.3 Å². The average molecular weight is 162 g/mol. The number of hydrogen-bond donors (Lipinski definition) is 2. The van der Waals surface area contributed by atoms with Gasteiger partial charge in [0.25, 0.3) is 0 Å². The van der Waals surface area contributed by atoms with E-state index >= 15 is 0 Å². The summed E-state index contributed by atoms with van der Waals surface area (Å²) in [5.41, 5.74) is 6.86. The highest BCUT2D eigenvalue weighted by Crippen LogP contribution is 2.13. The number of aryl methyl sites for hydroxylation is 2. The molecule has 0 aliphatic carbocycles. The summed E-state index contributed by atoms with van der Waals surface area (Å²) < 4.78 is 0. The van der Waals surface area contributed by atoms with Crippen LogP contribution in [-0.2, 0) is 0 Å². The summed E-state index contributed by atoms with van der Waals surface area (Å²) >= 11 is 0. The number of nitrogens with one attached hydrogen (secondary N) is 1. The Bertz CT molecular complexity index is 303. The van der Waals surface area contributed by atoms with E-state index < -0.39 is 0 Å². The molecule has 0 unspecified atom stereocenters. The first-order valence-corrected chi connectivity index (χ1v) is 3.88. The predicted molar refractivity (Wildman–Crippen MR) is 52.3 cm³/mol. The van der Waals surface area contributed by atoms with Crippen molar-refractivity contribution >= 4 is 5.70 Å². The maximum absolute atomic E-state index is 5.24. The molecule has 0 radical (unpaired) electrons. The second-order valence-electron chi connectivity index (χ2n) is 2.92. The van der Waals surface area contributed by atoms with Gasteiger partial charge in [0.05, 0.1) is 0 Å². The molecule has 2 heteroatoms. The van der Waals surface area contributed by atoms with Gasteiger partial charge in [-0.2, -0.15) is 0 Å². The van der Waals surface area contributed by atoms with E-state index in [0.29, 0.717) is 0 Å². The van der Waals surface area contributed by atoms with Gasteiger partial charge in [0, 0.05) is 5.70 Å². The van der Waals surface area contributed by atoms with Crippen LogP contribution in [0.15, 0.2) is 24.8 Å². The molecule has 2 nitrogen and oxygen atoms in total. The molecule has 0 aliphatic rings. The molecular weight excluding hydrogens is 148 g/mol. The number of rotatable bonds is 2. The molecule has 0 saturated carbocycles. The molecule has 0 amide bonds. The van der Waals surface area contributed by atoms with Gasteiger partial charge in [0.1, 0.15) is 0 Å². The van der Waals surface area contributed by atoms with Gasteiger partial charge >= 0.3 is 0 Å². The topological polar surface area (TPSA) is 38.0 Å². The number of nitrogens with two attached hydrogens (primary N) is 1. The van der Waals surface area contributed by atoms with Gasteiger partial charge < -0.3 is 5.43 Å². The zero-order chi connectivity index (χ0) is 9.14. The van der Waals surface area contributed by atoms with E-state index in [-0.39, 0.29) is 0 Å². The van der Waals surface area contributed by atoms with Crippen LogP contribution in [0.2, 0.25) is 0 Å². The van der Waals surface area contributed by atoms with Gasteiger partial charge in [0.2, 0.25) is 0 Å². The van der Waals surface area contributed by atoms with E-state index in [2.05, 4.69) is 38.0 Å². The summed E-state index contributed by atoms with van der Waals surface area (Å²) in [6, 6.07) is 6.13. The molecule has 0 atom stereocenters. The molecule has 0 spiro atoms. The fourth-order valence-electron chi connectivity index (χ4n) is 1.01. The summed E-state index contributed by atoms with van der Waals surface area (Å²) in [6.07, 6.45) is 0. The van der Waals surface area contributed by atoms with Gasteiger partial charge in [-0.25, -0.2) is 0 Å². The Kier molecular flexibility index (Phi) is 2.51. The van der Waals surface area contributed by atoms with Crippen LogP contribution in [0.4, 0.5) is 0 Å². The SMILES string of the molecule is C=C(NN)c1ccc(C)c(C)c1. The molecule has 0 fully saturated rings. The molecule has 0 aliphatic heterocycles. The summed E-state index contributed by atoms with van der Waals surface area (Å²) in [5.74, 6) is 5.24. The Morgan fingerprint density at radius 1 is 1.33 bits per heavy atom. The van der Waals surface area contributed by atoms with Crippen molar-refractivity contribution < 1.29 is 0 Å². The molecule has 64 valence electrons. The molecule has 12 heavy (non-hydrogen) atoms. The van der Waals surface area contributed by atoms with Crippen molar-refractivity contribution in [3.05, 3.63) is 41.5 Å². The average Bonchev–Trinajstić information content (AvgIpc) is 2.08. The number of benzene rings is 1. The minimum absolute atomic E-state index is 0.748. The van der Waals surface area contributed by atoms with E-state index in [1.54, 1.807) is 0 Å². The predicted octanol–water partition coefficient (Wildman–Crippen LogP) is 1.74. The van der Waals surface area contributed by atoms with E-state index in [0.717, 1.165) is 11.3 Å². The maximum atomic E-state index is 5.24. The Morgan fingerprint density at radius 2 is 2.00 bits per heavy atom. The van der Waals surface area contributed by atoms with Gasteiger partial charge in [-0.1, -0.05) is 18.7 Å². The highest BCUT2D eigenvalue weighted by Gasteiger charge is 1.97. The molecule has 0 saturated heterocycles. The summed E-state index contributed by atoms with van der Waals surface area (Å²) in [6.45, 7) is 7.93. The van der Waals surface area contributed by atoms with E-state index in [1.165, 1.54) is 11.1 Å². The first-order valence-electron chi connectivity index (χ1n) is 3.88. The fraction of sp³-hybridized carbons (Fsp3) is 0.200. The van der Waals surface area contributed by atoms with Gasteiger partial charge in [-0.05, 0) is 36.6 Å². The molecule has 0 bridgehead atoms. The second kappa shape index (κ2) is 3.41. The Balaban J connectivity index is 3.05. The Morgan fingerprint density at radius 3 is 2.50 bits per heavy atom. The van der Waals surface area contributed by atoms with Crippen LogP contribution in [0.25, 0.3) is 5.70 Å². The number of hydrazine groups is 1. The largest absolute Gasteiger partial charge is 0.324 e. The Labute approximate surface area is 73.1 Å². The maximum Gasteiger partial charge on any atom is 0.0485 e. The minimum Gasteiger partial charge on any atom is -0.324 e. The van der Waals surface area contributed by atoms with Crippen LogP contribution in [0.1, 0.15) is 16.7 Å². The van der Waals surface area contributed by atoms with E-state index in [4.69, 9.17) is 5.84 Å². The monoisotopic (exact) mass is 162 g/mol. The first-order chi connectivity index (χ1) is 5.65. The van der Waals surface area contributed by atoms with Crippen LogP contribution in [0, 0.1) is 13.8 Å². The fourth-order valence-corrected chi connectivity index (χ4v) is 1.01. The molecular formula is C10H14N2. The quantitative estimate of drug-likeness (QED) is 0.513. The highest BCUT2D eigenvalue weighted by atomic mass is 15.2. The third-order valence-electron chi connectivity index (χ3n) is 2.03. The lowest BCUT2D eigenvalue weighted by molar-refractivity contribution is 0.994. The van der Waals surface area contributed by atoms with Crippen molar-refractivity contribution in [2.24, 2.45) is 5.84 Å². The van der Waals surface area contributed by atoms with Crippen LogP contribution in [0.5, 0.6) is 0 Å². The number of hydrogen-bond acceptors (Lipinski definition) is 2. The smallest absolute Gasteiger partial charge is 0.0485 e. The summed E-state index contributed by atoms with van der Waals surface area (Å²) in [5, 5.41) is 0. The second-order valence-corrected chi connectivity index (χ2v) is 2.92. The zero-order valence-corrected chi connectivity index (χ0v) is 7.52. The van der Waals surface area contributed by atoms with Crippen LogP contribution in [-0.4, -0.2) is 0 Å². The lowest BCUT2D eigenvalue weighted by Crippen LogP contribution is -2.19. The summed E-state index contributed by atoms with van der Waals surface area (Å²) in [7, 11) is 0. The summed E-state index contributed by atoms with van der Waals surface area (Å²) in [4.78, 5) is 0. The van der Waals surface area contributed by atoms with Crippen molar-refractivity contribution in [3.8, 4) is 0 Å². The van der Waals surface area contributed by atoms with Crippen LogP contribution in [0.3, 0.4) is 0 Å². The normalized spacial score (nSPS) is 9.58. The highest BCUT2D eigenvalue weighted by molar-refractivity contribution is 5.62. The lowest BCUT2D eigenvalue weighted by Gasteiger charge is -2.06. The van der Waals surface area contributed by atoms with Crippen molar-refractivity contribution in [2.75, 3.05) is 0 Å². The first kappa shape index (κ1) is 8.81. The van der Waals surface area contributed by atoms with Crippen LogP contribution >= 0.6 is 0 Å². The van der Waals surface area contributed by atoms with Gasteiger partial charge in [-0.3, -0.25) is 5.84 Å². The molecule has 1 aromatic carbocycles. The molecule has 3 N–H and O–H groups in total. The van der Waals surface area contributed by atoms with Crippen molar-refractivity contribution in [2.45, 2.75) is 13.8 Å². The lowest BCUT2D eigenvalue weighted by atomic mass is 10.1. The van der Waals surface area contributed by atoms with Crippen molar-refractivity contribution in [1.82, 2.24) is 5.43 Å². The minimum atomic E-state index is 0.748. The van der Waals surface area contributed by atoms with Crippen molar-refractivity contribution in [3.63, 3.8) is 0 Å². The third-order valence-corrected chi connectivity index (χ3v) is 2.03. The Hall–Kier alpha value is -1.28. The van der Waals surface area contributed by atoms with Gasteiger partial charge in [0.15, 0.2) is 0 Å². The molecule has 0 heterocycles. The molecule has 0 aromatic heterocycles.